The largest absolute Gasteiger partial charge is 0.311 e. The van der Waals surface area contributed by atoms with Crippen LogP contribution >= 0.6 is 12.6 Å². The molecular formula is C12H15NOS. The lowest BCUT2D eigenvalue weighted by molar-refractivity contribution is -0.117. The molecule has 0 aliphatic carbocycles. The van der Waals surface area contributed by atoms with Crippen LogP contribution < -0.4 is 4.90 Å². The SMILES string of the molecule is Cc1cccc(N2CC(S)CC2=O)c1C. The first-order chi connectivity index (χ1) is 7.09. The van der Waals surface area contributed by atoms with Gasteiger partial charge in [-0.15, -0.1) is 0 Å². The average Bonchev–Trinajstić information content (AvgIpc) is 2.50. The summed E-state index contributed by atoms with van der Waals surface area (Å²) < 4.78 is 0. The lowest BCUT2D eigenvalue weighted by atomic mass is 10.1. The van der Waals surface area contributed by atoms with E-state index in [1.807, 2.05) is 17.0 Å². The van der Waals surface area contributed by atoms with Crippen LogP contribution in [0.25, 0.3) is 0 Å². The van der Waals surface area contributed by atoms with Gasteiger partial charge < -0.3 is 4.90 Å². The molecule has 0 bridgehead atoms. The lowest BCUT2D eigenvalue weighted by Crippen LogP contribution is -2.25. The second kappa shape index (κ2) is 3.89. The molecule has 2 nitrogen and oxygen atoms in total. The topological polar surface area (TPSA) is 20.3 Å². The van der Waals surface area contributed by atoms with Gasteiger partial charge in [-0.1, -0.05) is 12.1 Å². The molecule has 2 rings (SSSR count). The Morgan fingerprint density at radius 2 is 2.13 bits per heavy atom. The van der Waals surface area contributed by atoms with E-state index in [9.17, 15) is 4.79 Å². The molecule has 1 heterocycles. The van der Waals surface area contributed by atoms with Gasteiger partial charge in [0.15, 0.2) is 0 Å². The Morgan fingerprint density at radius 3 is 2.73 bits per heavy atom. The summed E-state index contributed by atoms with van der Waals surface area (Å²) in [6.45, 7) is 4.85. The molecule has 3 heteroatoms. The number of hydrogen-bond donors (Lipinski definition) is 1. The fourth-order valence-corrected chi connectivity index (χ4v) is 2.27. The van der Waals surface area contributed by atoms with Crippen molar-refractivity contribution >= 4 is 24.2 Å². The van der Waals surface area contributed by atoms with Gasteiger partial charge in [0.1, 0.15) is 0 Å². The maximum absolute atomic E-state index is 11.7. The zero-order valence-electron chi connectivity index (χ0n) is 9.03. The van der Waals surface area contributed by atoms with Gasteiger partial charge >= 0.3 is 0 Å². The van der Waals surface area contributed by atoms with Gasteiger partial charge in [0.05, 0.1) is 0 Å². The highest BCUT2D eigenvalue weighted by molar-refractivity contribution is 7.81. The minimum atomic E-state index is 0.178. The summed E-state index contributed by atoms with van der Waals surface area (Å²) in [7, 11) is 0. The predicted molar refractivity (Wildman–Crippen MR) is 65.7 cm³/mol. The first-order valence-corrected chi connectivity index (χ1v) is 5.66. The minimum Gasteiger partial charge on any atom is -0.311 e. The lowest BCUT2D eigenvalue weighted by Gasteiger charge is -2.19. The van der Waals surface area contributed by atoms with E-state index >= 15 is 0 Å². The van der Waals surface area contributed by atoms with Crippen LogP contribution in [0.15, 0.2) is 18.2 Å². The van der Waals surface area contributed by atoms with Gasteiger partial charge in [-0.2, -0.15) is 12.6 Å². The maximum atomic E-state index is 11.7. The second-order valence-electron chi connectivity index (χ2n) is 4.08. The van der Waals surface area contributed by atoms with Crippen molar-refractivity contribution < 1.29 is 4.79 Å². The summed E-state index contributed by atoms with van der Waals surface area (Å²) in [6.07, 6.45) is 0.552. The standard InChI is InChI=1S/C12H15NOS/c1-8-4-3-5-11(9(8)2)13-7-10(15)6-12(13)14/h3-5,10,15H,6-7H2,1-2H3. The molecule has 0 radical (unpaired) electrons. The summed E-state index contributed by atoms with van der Waals surface area (Å²) >= 11 is 4.36. The molecule has 1 atom stereocenters. The zero-order valence-corrected chi connectivity index (χ0v) is 9.92. The predicted octanol–water partition coefficient (Wildman–Crippen LogP) is 2.34. The van der Waals surface area contributed by atoms with Crippen molar-refractivity contribution in [3.8, 4) is 0 Å². The fraction of sp³-hybridized carbons (Fsp3) is 0.417. The highest BCUT2D eigenvalue weighted by Crippen LogP contribution is 2.28. The second-order valence-corrected chi connectivity index (χ2v) is 4.81. The van der Waals surface area contributed by atoms with Crippen molar-refractivity contribution in [1.29, 1.82) is 0 Å². The van der Waals surface area contributed by atoms with Gasteiger partial charge in [-0.25, -0.2) is 0 Å². The molecule has 1 aliphatic rings. The van der Waals surface area contributed by atoms with Crippen LogP contribution in [-0.2, 0) is 4.79 Å². The summed E-state index contributed by atoms with van der Waals surface area (Å²) in [5.74, 6) is 0.184. The monoisotopic (exact) mass is 221 g/mol. The van der Waals surface area contributed by atoms with Gasteiger partial charge in [-0.3, -0.25) is 4.79 Å². The van der Waals surface area contributed by atoms with E-state index in [2.05, 4.69) is 32.5 Å². The molecular weight excluding hydrogens is 206 g/mol. The molecule has 1 aromatic rings. The number of rotatable bonds is 1. The van der Waals surface area contributed by atoms with E-state index in [1.165, 1.54) is 11.1 Å². The maximum Gasteiger partial charge on any atom is 0.228 e. The number of anilines is 1. The van der Waals surface area contributed by atoms with E-state index in [0.29, 0.717) is 6.42 Å². The summed E-state index contributed by atoms with van der Waals surface area (Å²) in [4.78, 5) is 13.6. The van der Waals surface area contributed by atoms with E-state index in [-0.39, 0.29) is 11.2 Å². The van der Waals surface area contributed by atoms with Crippen molar-refractivity contribution in [1.82, 2.24) is 0 Å². The Labute approximate surface area is 95.7 Å². The minimum absolute atomic E-state index is 0.178. The molecule has 1 aromatic carbocycles. The summed E-state index contributed by atoms with van der Waals surface area (Å²) in [5, 5.41) is 0.178. The van der Waals surface area contributed by atoms with Crippen LogP contribution in [-0.4, -0.2) is 17.7 Å². The molecule has 1 aliphatic heterocycles. The molecule has 0 aromatic heterocycles. The van der Waals surface area contributed by atoms with Crippen molar-refractivity contribution in [2.24, 2.45) is 0 Å². The molecule has 1 unspecified atom stereocenters. The van der Waals surface area contributed by atoms with Crippen LogP contribution in [0.1, 0.15) is 17.5 Å². The number of thiol groups is 1. The Hall–Kier alpha value is -0.960. The molecule has 0 spiro atoms. The smallest absolute Gasteiger partial charge is 0.228 e. The number of aryl methyl sites for hydroxylation is 1. The van der Waals surface area contributed by atoms with Gasteiger partial charge in [0.2, 0.25) is 5.91 Å². The van der Waals surface area contributed by atoms with E-state index in [0.717, 1.165) is 12.2 Å². The molecule has 1 fully saturated rings. The quantitative estimate of drug-likeness (QED) is 0.722. The third kappa shape index (κ3) is 1.88. The Morgan fingerprint density at radius 1 is 1.40 bits per heavy atom. The zero-order chi connectivity index (χ0) is 11.0. The average molecular weight is 221 g/mol. The Balaban J connectivity index is 2.38. The van der Waals surface area contributed by atoms with Gasteiger partial charge in [0, 0.05) is 23.9 Å². The summed E-state index contributed by atoms with van der Waals surface area (Å²) in [5.41, 5.74) is 3.45. The number of hydrogen-bond acceptors (Lipinski definition) is 2. The van der Waals surface area contributed by atoms with Gasteiger partial charge in [-0.05, 0) is 31.0 Å². The Kier molecular flexibility index (Phi) is 2.74. The van der Waals surface area contributed by atoms with Crippen LogP contribution in [0, 0.1) is 13.8 Å². The molecule has 15 heavy (non-hydrogen) atoms. The van der Waals surface area contributed by atoms with E-state index < -0.39 is 0 Å². The van der Waals surface area contributed by atoms with Crippen molar-refractivity contribution in [2.75, 3.05) is 11.4 Å². The normalized spacial score (nSPS) is 21.1. The molecule has 1 saturated heterocycles. The van der Waals surface area contributed by atoms with Crippen LogP contribution in [0.4, 0.5) is 5.69 Å². The third-order valence-electron chi connectivity index (χ3n) is 2.97. The van der Waals surface area contributed by atoms with E-state index in [4.69, 9.17) is 0 Å². The highest BCUT2D eigenvalue weighted by atomic mass is 32.1. The highest BCUT2D eigenvalue weighted by Gasteiger charge is 2.29. The van der Waals surface area contributed by atoms with Crippen LogP contribution in [0.5, 0.6) is 0 Å². The fourth-order valence-electron chi connectivity index (χ4n) is 1.95. The summed E-state index contributed by atoms with van der Waals surface area (Å²) in [6, 6.07) is 6.07. The van der Waals surface area contributed by atoms with Crippen molar-refractivity contribution in [2.45, 2.75) is 25.5 Å². The number of carbonyl (C=O) groups excluding carboxylic acids is 1. The molecule has 0 saturated carbocycles. The van der Waals surface area contributed by atoms with Gasteiger partial charge in [0.25, 0.3) is 0 Å². The van der Waals surface area contributed by atoms with Crippen LogP contribution in [0.3, 0.4) is 0 Å². The third-order valence-corrected chi connectivity index (χ3v) is 3.32. The van der Waals surface area contributed by atoms with Crippen LogP contribution in [0.2, 0.25) is 0 Å². The Bertz CT molecular complexity index is 403. The molecule has 1 amide bonds. The van der Waals surface area contributed by atoms with Crippen molar-refractivity contribution in [3.05, 3.63) is 29.3 Å². The molecule has 80 valence electrons. The molecule has 0 N–H and O–H groups in total. The first kappa shape index (κ1) is 10.6. The van der Waals surface area contributed by atoms with Crippen molar-refractivity contribution in [3.63, 3.8) is 0 Å². The number of benzene rings is 1. The number of nitrogens with zero attached hydrogens (tertiary/aromatic N) is 1. The number of carbonyl (C=O) groups is 1. The number of amides is 1. The first-order valence-electron chi connectivity index (χ1n) is 5.14. The van der Waals surface area contributed by atoms with E-state index in [1.54, 1.807) is 0 Å².